The minimum Gasteiger partial charge on any atom is -0.316 e. The van der Waals surface area contributed by atoms with Gasteiger partial charge < -0.3 is 5.32 Å². The normalized spacial score (nSPS) is 21.7. The van der Waals surface area contributed by atoms with Crippen LogP contribution in [0.4, 0.5) is 8.78 Å². The Hall–Kier alpha value is -0.670. The Bertz CT molecular complexity index is 362. The van der Waals surface area contributed by atoms with Gasteiger partial charge in [0.15, 0.2) is 0 Å². The van der Waals surface area contributed by atoms with Crippen molar-refractivity contribution in [1.29, 1.82) is 0 Å². The Balaban J connectivity index is 2.36. The molecule has 1 saturated heterocycles. The van der Waals surface area contributed by atoms with Crippen LogP contribution in [0.15, 0.2) is 12.1 Å². The monoisotopic (exact) mass is 231 g/mol. The molecule has 0 spiro atoms. The number of benzene rings is 1. The van der Waals surface area contributed by atoms with E-state index in [1.54, 1.807) is 0 Å². The van der Waals surface area contributed by atoms with E-state index in [1.165, 1.54) is 0 Å². The van der Waals surface area contributed by atoms with E-state index in [4.69, 9.17) is 11.6 Å². The second-order valence-corrected chi connectivity index (χ2v) is 4.18. The highest BCUT2D eigenvalue weighted by Gasteiger charge is 2.23. The number of rotatable bonds is 1. The van der Waals surface area contributed by atoms with Crippen LogP contribution >= 0.6 is 11.6 Å². The fourth-order valence-electron chi connectivity index (χ4n) is 2.02. The molecule has 2 rings (SSSR count). The van der Waals surface area contributed by atoms with Crippen LogP contribution in [0.25, 0.3) is 0 Å². The van der Waals surface area contributed by atoms with E-state index in [0.717, 1.165) is 31.5 Å². The van der Waals surface area contributed by atoms with Crippen LogP contribution in [0, 0.1) is 11.6 Å². The molecule has 0 aliphatic carbocycles. The largest absolute Gasteiger partial charge is 0.316 e. The molecular formula is C11H12ClF2N. The molecule has 0 amide bonds. The topological polar surface area (TPSA) is 12.0 Å². The summed E-state index contributed by atoms with van der Waals surface area (Å²) in [7, 11) is 0. The number of hydrogen-bond donors (Lipinski definition) is 1. The molecule has 1 aromatic rings. The summed E-state index contributed by atoms with van der Waals surface area (Å²) in [5.74, 6) is -0.962. The van der Waals surface area contributed by atoms with Crippen molar-refractivity contribution in [2.24, 2.45) is 0 Å². The average Bonchev–Trinajstić information content (AvgIpc) is 2.26. The molecule has 1 nitrogen and oxygen atoms in total. The molecule has 82 valence electrons. The molecule has 4 heteroatoms. The summed E-state index contributed by atoms with van der Waals surface area (Å²) in [6.45, 7) is 1.60. The molecule has 1 heterocycles. The molecule has 1 fully saturated rings. The van der Waals surface area contributed by atoms with E-state index in [0.29, 0.717) is 12.1 Å². The molecule has 1 aliphatic heterocycles. The van der Waals surface area contributed by atoms with Crippen LogP contribution in [-0.2, 0) is 0 Å². The highest BCUT2D eigenvalue weighted by Crippen LogP contribution is 2.33. The first-order valence-corrected chi connectivity index (χ1v) is 5.42. The van der Waals surface area contributed by atoms with Gasteiger partial charge in [0.05, 0.1) is 5.02 Å². The van der Waals surface area contributed by atoms with E-state index in [9.17, 15) is 8.78 Å². The van der Waals surface area contributed by atoms with Gasteiger partial charge in [0.1, 0.15) is 11.6 Å². The summed E-state index contributed by atoms with van der Waals surface area (Å²) in [6, 6.07) is 2.21. The summed E-state index contributed by atoms with van der Waals surface area (Å²) in [5, 5.41) is 3.09. The maximum absolute atomic E-state index is 13.5. The lowest BCUT2D eigenvalue weighted by Crippen LogP contribution is -2.29. The zero-order valence-electron chi connectivity index (χ0n) is 8.19. The van der Waals surface area contributed by atoms with Gasteiger partial charge in [0.25, 0.3) is 0 Å². The highest BCUT2D eigenvalue weighted by atomic mass is 35.5. The molecule has 0 aromatic heterocycles. The molecule has 0 bridgehead atoms. The van der Waals surface area contributed by atoms with Crippen molar-refractivity contribution in [3.05, 3.63) is 34.4 Å². The summed E-state index contributed by atoms with van der Waals surface area (Å²) in [4.78, 5) is 0. The summed E-state index contributed by atoms with van der Waals surface area (Å²) in [6.07, 6.45) is 1.82. The van der Waals surface area contributed by atoms with E-state index in [2.05, 4.69) is 5.32 Å². The predicted molar refractivity (Wildman–Crippen MR) is 56.2 cm³/mol. The minimum absolute atomic E-state index is 0.0121. The third-order valence-electron chi connectivity index (χ3n) is 2.78. The van der Waals surface area contributed by atoms with Gasteiger partial charge in [0.2, 0.25) is 0 Å². The van der Waals surface area contributed by atoms with Crippen LogP contribution in [0.2, 0.25) is 5.02 Å². The lowest BCUT2D eigenvalue weighted by atomic mass is 9.91. The minimum atomic E-state index is -0.543. The van der Waals surface area contributed by atoms with Crippen molar-refractivity contribution >= 4 is 11.6 Å². The summed E-state index contributed by atoms with van der Waals surface area (Å²) in [5.41, 5.74) is 0.323. The number of hydrogen-bond acceptors (Lipinski definition) is 1. The fourth-order valence-corrected chi connectivity index (χ4v) is 2.32. The molecule has 0 saturated carbocycles. The Morgan fingerprint density at radius 1 is 1.27 bits per heavy atom. The Kier molecular flexibility index (Phi) is 3.22. The van der Waals surface area contributed by atoms with E-state index < -0.39 is 11.6 Å². The van der Waals surface area contributed by atoms with Crippen molar-refractivity contribution in [3.63, 3.8) is 0 Å². The van der Waals surface area contributed by atoms with Gasteiger partial charge >= 0.3 is 0 Å². The number of halogens is 3. The van der Waals surface area contributed by atoms with Crippen LogP contribution < -0.4 is 5.32 Å². The molecule has 15 heavy (non-hydrogen) atoms. The second-order valence-electron chi connectivity index (χ2n) is 3.80. The molecule has 1 aliphatic rings. The van der Waals surface area contributed by atoms with E-state index >= 15 is 0 Å². The van der Waals surface area contributed by atoms with Crippen molar-refractivity contribution in [1.82, 2.24) is 5.32 Å². The van der Waals surface area contributed by atoms with Gasteiger partial charge in [-0.3, -0.25) is 0 Å². The fraction of sp³-hybridized carbons (Fsp3) is 0.455. The zero-order chi connectivity index (χ0) is 10.8. The van der Waals surface area contributed by atoms with Crippen molar-refractivity contribution in [3.8, 4) is 0 Å². The van der Waals surface area contributed by atoms with Crippen LogP contribution in [-0.4, -0.2) is 13.1 Å². The second kappa shape index (κ2) is 4.45. The standard InChI is InChI=1S/C11H12ClF2N/c12-11-9(14)4-3-8(13)10(11)7-2-1-5-15-6-7/h3-4,7,15H,1-2,5-6H2. The van der Waals surface area contributed by atoms with Gasteiger partial charge in [-0.15, -0.1) is 0 Å². The van der Waals surface area contributed by atoms with Crippen LogP contribution in [0.3, 0.4) is 0 Å². The average molecular weight is 232 g/mol. The maximum Gasteiger partial charge on any atom is 0.142 e. The third-order valence-corrected chi connectivity index (χ3v) is 3.17. The van der Waals surface area contributed by atoms with Gasteiger partial charge in [-0.25, -0.2) is 8.78 Å². The molecule has 1 N–H and O–H groups in total. The first kappa shape index (κ1) is 10.8. The van der Waals surface area contributed by atoms with Crippen molar-refractivity contribution in [2.45, 2.75) is 18.8 Å². The predicted octanol–water partition coefficient (Wildman–Crippen LogP) is 3.09. The SMILES string of the molecule is Fc1ccc(F)c(C2CCCNC2)c1Cl. The lowest BCUT2D eigenvalue weighted by molar-refractivity contribution is 0.444. The van der Waals surface area contributed by atoms with E-state index in [1.807, 2.05) is 0 Å². The van der Waals surface area contributed by atoms with Gasteiger partial charge in [-0.05, 0) is 31.5 Å². The Morgan fingerprint density at radius 3 is 2.67 bits per heavy atom. The van der Waals surface area contributed by atoms with E-state index in [-0.39, 0.29) is 10.9 Å². The van der Waals surface area contributed by atoms with Crippen LogP contribution in [0.1, 0.15) is 24.3 Å². The summed E-state index contributed by atoms with van der Waals surface area (Å²) >= 11 is 5.79. The first-order chi connectivity index (χ1) is 7.20. The Morgan fingerprint density at radius 2 is 2.00 bits per heavy atom. The molecule has 0 radical (unpaired) electrons. The maximum atomic E-state index is 13.5. The quantitative estimate of drug-likeness (QED) is 0.733. The molecule has 1 unspecified atom stereocenters. The molecule has 1 atom stereocenters. The van der Waals surface area contributed by atoms with Gasteiger partial charge in [-0.1, -0.05) is 11.6 Å². The Labute approximate surface area is 92.4 Å². The summed E-state index contributed by atoms with van der Waals surface area (Å²) < 4.78 is 26.7. The van der Waals surface area contributed by atoms with Crippen molar-refractivity contribution < 1.29 is 8.78 Å². The smallest absolute Gasteiger partial charge is 0.142 e. The highest BCUT2D eigenvalue weighted by molar-refractivity contribution is 6.31. The van der Waals surface area contributed by atoms with Crippen molar-refractivity contribution in [2.75, 3.05) is 13.1 Å². The first-order valence-electron chi connectivity index (χ1n) is 5.04. The van der Waals surface area contributed by atoms with Gasteiger partial charge in [0, 0.05) is 18.0 Å². The molecule has 1 aromatic carbocycles. The zero-order valence-corrected chi connectivity index (χ0v) is 8.95. The number of nitrogens with one attached hydrogen (secondary N) is 1. The van der Waals surface area contributed by atoms with Gasteiger partial charge in [-0.2, -0.15) is 0 Å². The lowest BCUT2D eigenvalue weighted by Gasteiger charge is -2.24. The molecular weight excluding hydrogens is 220 g/mol. The van der Waals surface area contributed by atoms with Crippen LogP contribution in [0.5, 0.6) is 0 Å². The number of piperidine rings is 1. The third kappa shape index (κ3) is 2.13.